The molecule has 0 heterocycles. The van der Waals surface area contributed by atoms with E-state index in [1.54, 1.807) is 20.8 Å². The Bertz CT molecular complexity index is 229. The van der Waals surface area contributed by atoms with Crippen LogP contribution < -0.4 is 10.6 Å². The molecule has 16 heavy (non-hydrogen) atoms. The first-order valence-corrected chi connectivity index (χ1v) is 5.68. The van der Waals surface area contributed by atoms with Crippen LogP contribution in [0, 0.1) is 0 Å². The van der Waals surface area contributed by atoms with Crippen molar-refractivity contribution in [3.63, 3.8) is 0 Å². The van der Waals surface area contributed by atoms with Gasteiger partial charge in [0.1, 0.15) is 0 Å². The number of hydrogen-bond acceptors (Lipinski definition) is 4. The van der Waals surface area contributed by atoms with Crippen LogP contribution in [-0.2, 0) is 14.3 Å². The molecule has 0 aliphatic carbocycles. The van der Waals surface area contributed by atoms with Gasteiger partial charge in [0, 0.05) is 6.54 Å². The third-order valence-corrected chi connectivity index (χ3v) is 1.86. The van der Waals surface area contributed by atoms with Crippen molar-refractivity contribution in [3.8, 4) is 0 Å². The van der Waals surface area contributed by atoms with Crippen molar-refractivity contribution in [2.45, 2.75) is 46.3 Å². The van der Waals surface area contributed by atoms with E-state index < -0.39 is 0 Å². The van der Waals surface area contributed by atoms with Crippen molar-refractivity contribution in [2.24, 2.45) is 0 Å². The van der Waals surface area contributed by atoms with E-state index in [0.29, 0.717) is 6.54 Å². The van der Waals surface area contributed by atoms with E-state index in [1.807, 2.05) is 6.92 Å². The summed E-state index contributed by atoms with van der Waals surface area (Å²) in [5.74, 6) is -0.440. The fourth-order valence-corrected chi connectivity index (χ4v) is 1.03. The molecule has 0 aromatic heterocycles. The molecular weight excluding hydrogens is 208 g/mol. The summed E-state index contributed by atoms with van der Waals surface area (Å²) in [4.78, 5) is 22.6. The van der Waals surface area contributed by atoms with Crippen LogP contribution in [0.1, 0.15) is 34.1 Å². The molecule has 0 aromatic rings. The standard InChI is InChI=1S/C11H22N2O3/c1-5-6-12-11(15)9(4)13-7-10(14)16-8(2)3/h8-9,13H,5-7H2,1-4H3,(H,12,15). The highest BCUT2D eigenvalue weighted by Gasteiger charge is 2.13. The van der Waals surface area contributed by atoms with E-state index in [9.17, 15) is 9.59 Å². The van der Waals surface area contributed by atoms with Gasteiger partial charge >= 0.3 is 5.97 Å². The predicted octanol–water partition coefficient (Wildman–Crippen LogP) is 0.442. The van der Waals surface area contributed by atoms with Gasteiger partial charge in [0.25, 0.3) is 0 Å². The molecular formula is C11H22N2O3. The zero-order valence-electron chi connectivity index (χ0n) is 10.5. The lowest BCUT2D eigenvalue weighted by Gasteiger charge is -2.14. The topological polar surface area (TPSA) is 67.4 Å². The van der Waals surface area contributed by atoms with Crippen LogP contribution in [-0.4, -0.2) is 37.1 Å². The Morgan fingerprint density at radius 1 is 1.25 bits per heavy atom. The van der Waals surface area contributed by atoms with Crippen molar-refractivity contribution in [1.29, 1.82) is 0 Å². The van der Waals surface area contributed by atoms with Crippen LogP contribution in [0.3, 0.4) is 0 Å². The predicted molar refractivity (Wildman–Crippen MR) is 62.0 cm³/mol. The molecule has 0 rings (SSSR count). The van der Waals surface area contributed by atoms with Gasteiger partial charge in [-0.2, -0.15) is 0 Å². The highest BCUT2D eigenvalue weighted by Crippen LogP contribution is 1.89. The van der Waals surface area contributed by atoms with Crippen LogP contribution in [0.2, 0.25) is 0 Å². The van der Waals surface area contributed by atoms with Crippen molar-refractivity contribution >= 4 is 11.9 Å². The molecule has 0 spiro atoms. The van der Waals surface area contributed by atoms with Gasteiger partial charge in [-0.3, -0.25) is 14.9 Å². The Kier molecular flexibility index (Phi) is 7.54. The van der Waals surface area contributed by atoms with Gasteiger partial charge in [-0.25, -0.2) is 0 Å². The minimum atomic E-state index is -0.383. The Morgan fingerprint density at radius 2 is 1.88 bits per heavy atom. The zero-order valence-corrected chi connectivity index (χ0v) is 10.5. The average molecular weight is 230 g/mol. The van der Waals surface area contributed by atoms with Crippen LogP contribution in [0.4, 0.5) is 0 Å². The van der Waals surface area contributed by atoms with E-state index in [4.69, 9.17) is 4.74 Å². The summed E-state index contributed by atoms with van der Waals surface area (Å²) in [5.41, 5.74) is 0. The van der Waals surface area contributed by atoms with Crippen LogP contribution in [0.15, 0.2) is 0 Å². The molecule has 0 aromatic carbocycles. The lowest BCUT2D eigenvalue weighted by atomic mass is 10.3. The molecule has 0 bridgehead atoms. The summed E-state index contributed by atoms with van der Waals surface area (Å²) in [6.45, 7) is 7.98. The van der Waals surface area contributed by atoms with E-state index >= 15 is 0 Å². The van der Waals surface area contributed by atoms with Gasteiger partial charge < -0.3 is 10.1 Å². The van der Waals surface area contributed by atoms with Gasteiger partial charge in [-0.1, -0.05) is 6.92 Å². The molecule has 1 amide bonds. The summed E-state index contributed by atoms with van der Waals surface area (Å²) in [5, 5.41) is 5.55. The van der Waals surface area contributed by atoms with Gasteiger partial charge in [-0.05, 0) is 27.2 Å². The highest BCUT2D eigenvalue weighted by atomic mass is 16.5. The Balaban J connectivity index is 3.75. The summed E-state index contributed by atoms with van der Waals surface area (Å²) >= 11 is 0. The molecule has 5 nitrogen and oxygen atoms in total. The lowest BCUT2D eigenvalue weighted by molar-refractivity contribution is -0.146. The van der Waals surface area contributed by atoms with Crippen molar-refractivity contribution < 1.29 is 14.3 Å². The Hall–Kier alpha value is -1.10. The first-order valence-electron chi connectivity index (χ1n) is 5.68. The quantitative estimate of drug-likeness (QED) is 0.623. The van der Waals surface area contributed by atoms with Crippen molar-refractivity contribution in [2.75, 3.05) is 13.1 Å². The van der Waals surface area contributed by atoms with Crippen molar-refractivity contribution in [1.82, 2.24) is 10.6 Å². The third kappa shape index (κ3) is 7.23. The Morgan fingerprint density at radius 3 is 2.38 bits per heavy atom. The second kappa shape index (κ2) is 8.10. The first kappa shape index (κ1) is 14.9. The van der Waals surface area contributed by atoms with Gasteiger partial charge in [-0.15, -0.1) is 0 Å². The number of nitrogens with one attached hydrogen (secondary N) is 2. The molecule has 0 aliphatic rings. The van der Waals surface area contributed by atoms with Gasteiger partial charge in [0.2, 0.25) is 5.91 Å². The molecule has 1 atom stereocenters. The summed E-state index contributed by atoms with van der Waals surface area (Å²) in [6, 6.07) is -0.383. The molecule has 2 N–H and O–H groups in total. The lowest BCUT2D eigenvalue weighted by Crippen LogP contribution is -2.44. The molecule has 5 heteroatoms. The number of hydrogen-bond donors (Lipinski definition) is 2. The fraction of sp³-hybridized carbons (Fsp3) is 0.818. The fourth-order valence-electron chi connectivity index (χ4n) is 1.03. The van der Waals surface area contributed by atoms with Crippen LogP contribution in [0.25, 0.3) is 0 Å². The average Bonchev–Trinajstić information content (AvgIpc) is 2.21. The number of carbonyl (C=O) groups excluding carboxylic acids is 2. The van der Waals surface area contributed by atoms with E-state index in [0.717, 1.165) is 6.42 Å². The molecule has 0 saturated carbocycles. The van der Waals surface area contributed by atoms with Crippen LogP contribution >= 0.6 is 0 Å². The minimum Gasteiger partial charge on any atom is -0.462 e. The Labute approximate surface area is 96.9 Å². The summed E-state index contributed by atoms with van der Waals surface area (Å²) in [6.07, 6.45) is 0.770. The highest BCUT2D eigenvalue weighted by molar-refractivity contribution is 5.82. The summed E-state index contributed by atoms with van der Waals surface area (Å²) < 4.78 is 4.93. The molecule has 94 valence electrons. The van der Waals surface area contributed by atoms with Gasteiger partial charge in [0.05, 0.1) is 18.7 Å². The molecule has 0 aliphatic heterocycles. The smallest absolute Gasteiger partial charge is 0.320 e. The van der Waals surface area contributed by atoms with Crippen molar-refractivity contribution in [3.05, 3.63) is 0 Å². The number of esters is 1. The number of carbonyl (C=O) groups is 2. The van der Waals surface area contributed by atoms with E-state index in [2.05, 4.69) is 10.6 Å². The maximum Gasteiger partial charge on any atom is 0.320 e. The summed E-state index contributed by atoms with van der Waals surface area (Å²) in [7, 11) is 0. The second-order valence-electron chi connectivity index (χ2n) is 3.93. The number of ether oxygens (including phenoxy) is 1. The zero-order chi connectivity index (χ0) is 12.6. The monoisotopic (exact) mass is 230 g/mol. The maximum absolute atomic E-state index is 11.4. The maximum atomic E-state index is 11.4. The third-order valence-electron chi connectivity index (χ3n) is 1.86. The minimum absolute atomic E-state index is 0.0545. The molecule has 0 saturated heterocycles. The number of rotatable bonds is 7. The van der Waals surface area contributed by atoms with Gasteiger partial charge in [0.15, 0.2) is 0 Å². The molecule has 0 radical (unpaired) electrons. The SMILES string of the molecule is CCCNC(=O)C(C)NCC(=O)OC(C)C. The second-order valence-corrected chi connectivity index (χ2v) is 3.93. The van der Waals surface area contributed by atoms with E-state index in [1.165, 1.54) is 0 Å². The molecule has 1 unspecified atom stereocenters. The van der Waals surface area contributed by atoms with E-state index in [-0.39, 0.29) is 30.6 Å². The first-order chi connectivity index (χ1) is 7.47. The molecule has 0 fully saturated rings. The normalized spacial score (nSPS) is 12.3. The number of amides is 1. The van der Waals surface area contributed by atoms with Crippen LogP contribution in [0.5, 0.6) is 0 Å². The largest absolute Gasteiger partial charge is 0.462 e.